The number of amides is 1. The van der Waals surface area contributed by atoms with Crippen LogP contribution in [0.25, 0.3) is 32.9 Å². The number of anilines is 1. The summed E-state index contributed by atoms with van der Waals surface area (Å²) in [5, 5.41) is 11.6. The Morgan fingerprint density at radius 3 is 2.66 bits per heavy atom. The summed E-state index contributed by atoms with van der Waals surface area (Å²) in [6, 6.07) is 13.2. The predicted molar refractivity (Wildman–Crippen MR) is 179 cm³/mol. The number of carbonyl (C=O) groups is 1. The van der Waals surface area contributed by atoms with Crippen molar-refractivity contribution in [3.63, 3.8) is 0 Å². The average Bonchev–Trinajstić information content (AvgIpc) is 3.67. The molecule has 4 heterocycles. The second kappa shape index (κ2) is 12.6. The van der Waals surface area contributed by atoms with E-state index in [9.17, 15) is 10.1 Å². The molecule has 2 aliphatic heterocycles. The number of fused-ring (bicyclic) bond motifs is 2. The molecule has 47 heavy (non-hydrogen) atoms. The van der Waals surface area contributed by atoms with Crippen LogP contribution in [0.3, 0.4) is 0 Å². The quantitative estimate of drug-likeness (QED) is 0.181. The van der Waals surface area contributed by atoms with Crippen LogP contribution in [0, 0.1) is 34.9 Å². The van der Waals surface area contributed by atoms with E-state index in [-0.39, 0.29) is 35.0 Å². The summed E-state index contributed by atoms with van der Waals surface area (Å²) in [7, 11) is 0. The van der Waals surface area contributed by atoms with Crippen molar-refractivity contribution >= 4 is 33.4 Å². The van der Waals surface area contributed by atoms with Gasteiger partial charge in [-0.05, 0) is 56.3 Å². The number of benzene rings is 2. The third-order valence-electron chi connectivity index (χ3n) is 9.75. The summed E-state index contributed by atoms with van der Waals surface area (Å²) in [6.45, 7) is 8.37. The SMILES string of the molecule is C#Cc1cccc2cccc(-c3ncc4c(N5CCN(C(=O)C=C)[C@@H](CC#N)C5)nc(OCC5(CN6CCCC6)CC5)nc4c3F)c12. The molecule has 9 nitrogen and oxygen atoms in total. The molecule has 4 aromatic rings. The molecule has 0 N–H and O–H groups in total. The second-order valence-corrected chi connectivity index (χ2v) is 12.8. The van der Waals surface area contributed by atoms with Gasteiger partial charge in [0.1, 0.15) is 17.0 Å². The molecule has 2 saturated heterocycles. The van der Waals surface area contributed by atoms with Gasteiger partial charge < -0.3 is 19.4 Å². The Morgan fingerprint density at radius 2 is 1.94 bits per heavy atom. The number of rotatable bonds is 9. The van der Waals surface area contributed by atoms with Crippen molar-refractivity contribution in [3.05, 3.63) is 66.6 Å². The number of nitrogens with zero attached hydrogens (tertiary/aromatic N) is 7. The average molecular weight is 630 g/mol. The van der Waals surface area contributed by atoms with E-state index in [1.54, 1.807) is 11.1 Å². The highest BCUT2D eigenvalue weighted by molar-refractivity contribution is 6.02. The Kier molecular flexibility index (Phi) is 8.21. The van der Waals surface area contributed by atoms with E-state index in [1.165, 1.54) is 18.9 Å². The first kappa shape index (κ1) is 30.6. The number of halogens is 1. The number of carbonyl (C=O) groups excluding carboxylic acids is 1. The Morgan fingerprint density at radius 1 is 1.15 bits per heavy atom. The third kappa shape index (κ3) is 5.86. The van der Waals surface area contributed by atoms with Crippen LogP contribution in [-0.4, -0.2) is 82.6 Å². The minimum Gasteiger partial charge on any atom is -0.463 e. The van der Waals surface area contributed by atoms with Crippen molar-refractivity contribution in [1.82, 2.24) is 24.8 Å². The Balaban J connectivity index is 1.31. The zero-order valence-electron chi connectivity index (χ0n) is 26.3. The lowest BCUT2D eigenvalue weighted by molar-refractivity contribution is -0.128. The summed E-state index contributed by atoms with van der Waals surface area (Å²) >= 11 is 0. The van der Waals surface area contributed by atoms with Crippen LogP contribution < -0.4 is 9.64 Å². The Labute approximate surface area is 273 Å². The van der Waals surface area contributed by atoms with Gasteiger partial charge in [-0.1, -0.05) is 42.8 Å². The lowest BCUT2D eigenvalue weighted by Gasteiger charge is -2.41. The van der Waals surface area contributed by atoms with Crippen molar-refractivity contribution in [2.75, 3.05) is 50.8 Å². The van der Waals surface area contributed by atoms with Gasteiger partial charge in [0.15, 0.2) is 5.82 Å². The number of hydrogen-bond acceptors (Lipinski definition) is 8. The number of ether oxygens (including phenoxy) is 1. The zero-order valence-corrected chi connectivity index (χ0v) is 26.3. The van der Waals surface area contributed by atoms with E-state index in [0.29, 0.717) is 48.6 Å². The lowest BCUT2D eigenvalue weighted by atomic mass is 9.97. The summed E-state index contributed by atoms with van der Waals surface area (Å²) in [4.78, 5) is 32.8. The highest BCUT2D eigenvalue weighted by Crippen LogP contribution is 2.47. The maximum atomic E-state index is 16.8. The molecule has 1 saturated carbocycles. The molecule has 3 fully saturated rings. The van der Waals surface area contributed by atoms with Crippen LogP contribution in [-0.2, 0) is 4.79 Å². The standard InChI is InChI=1S/C37H36FN7O2/c1-3-25-9-7-10-26-11-8-12-28(31(25)26)33-32(38)34-29(21-40-33)35(44-19-20-45(30(46)4-2)27(22-44)13-16-39)42-36(41-34)47-24-37(14-15-37)23-43-17-5-6-18-43/h1,4,7-12,21,27H,2,5-6,13-15,17-20,22-24H2/t27-/m0/s1. The molecule has 2 aromatic heterocycles. The van der Waals surface area contributed by atoms with Gasteiger partial charge >= 0.3 is 6.01 Å². The van der Waals surface area contributed by atoms with Crippen LogP contribution in [0.1, 0.15) is 37.7 Å². The summed E-state index contributed by atoms with van der Waals surface area (Å²) in [5.74, 6) is 2.37. The lowest BCUT2D eigenvalue weighted by Crippen LogP contribution is -2.55. The molecule has 3 aliphatic rings. The van der Waals surface area contributed by atoms with E-state index in [0.717, 1.165) is 43.2 Å². The molecule has 1 amide bonds. The first-order valence-corrected chi connectivity index (χ1v) is 16.2. The number of terminal acetylenes is 1. The van der Waals surface area contributed by atoms with Crippen LogP contribution >= 0.6 is 0 Å². The van der Waals surface area contributed by atoms with Crippen LogP contribution in [0.4, 0.5) is 10.2 Å². The molecule has 0 radical (unpaired) electrons. The van der Waals surface area contributed by atoms with Crippen LogP contribution in [0.5, 0.6) is 6.01 Å². The monoisotopic (exact) mass is 629 g/mol. The molecular formula is C37H36FN7O2. The van der Waals surface area contributed by atoms with Crippen molar-refractivity contribution < 1.29 is 13.9 Å². The minimum atomic E-state index is -0.595. The smallest absolute Gasteiger partial charge is 0.319 e. The molecule has 10 heteroatoms. The molecule has 1 aliphatic carbocycles. The maximum absolute atomic E-state index is 16.8. The highest BCUT2D eigenvalue weighted by Gasteiger charge is 2.45. The first-order valence-electron chi connectivity index (χ1n) is 16.2. The van der Waals surface area contributed by atoms with Gasteiger partial charge in [0, 0.05) is 54.3 Å². The van der Waals surface area contributed by atoms with Crippen LogP contribution in [0.2, 0.25) is 0 Å². The number of likely N-dealkylation sites (tertiary alicyclic amines) is 1. The Hall–Kier alpha value is -5.06. The van der Waals surface area contributed by atoms with Crippen molar-refractivity contribution in [2.24, 2.45) is 5.41 Å². The molecular weight excluding hydrogens is 593 g/mol. The fraction of sp³-hybridized carbons (Fsp3) is 0.378. The molecule has 2 aromatic carbocycles. The van der Waals surface area contributed by atoms with E-state index in [1.807, 2.05) is 41.3 Å². The topological polar surface area (TPSA) is 98.5 Å². The molecule has 7 rings (SSSR count). The number of nitriles is 1. The number of aromatic nitrogens is 3. The number of hydrogen-bond donors (Lipinski definition) is 0. The second-order valence-electron chi connectivity index (χ2n) is 12.8. The van der Waals surface area contributed by atoms with E-state index < -0.39 is 11.9 Å². The molecule has 1 atom stereocenters. The summed E-state index contributed by atoms with van der Waals surface area (Å²) < 4.78 is 23.1. The fourth-order valence-corrected chi connectivity index (χ4v) is 7.07. The molecule has 0 bridgehead atoms. The van der Waals surface area contributed by atoms with Gasteiger partial charge in [-0.2, -0.15) is 15.2 Å². The van der Waals surface area contributed by atoms with Crippen molar-refractivity contribution in [2.45, 2.75) is 38.1 Å². The summed E-state index contributed by atoms with van der Waals surface area (Å²) in [6.07, 6.45) is 13.4. The Bertz CT molecular complexity index is 1950. The van der Waals surface area contributed by atoms with Gasteiger partial charge in [0.2, 0.25) is 5.91 Å². The summed E-state index contributed by atoms with van der Waals surface area (Å²) in [5.41, 5.74) is 1.50. The van der Waals surface area contributed by atoms with Crippen molar-refractivity contribution in [3.8, 4) is 35.7 Å². The van der Waals surface area contributed by atoms with Gasteiger partial charge in [0.05, 0.1) is 30.5 Å². The predicted octanol–water partition coefficient (Wildman–Crippen LogP) is 5.34. The molecule has 0 unspecified atom stereocenters. The van der Waals surface area contributed by atoms with Gasteiger partial charge in [-0.25, -0.2) is 4.39 Å². The van der Waals surface area contributed by atoms with Gasteiger partial charge in [-0.15, -0.1) is 6.42 Å². The fourth-order valence-electron chi connectivity index (χ4n) is 7.07. The normalized spacial score (nSPS) is 19.0. The van der Waals surface area contributed by atoms with Gasteiger partial charge in [0.25, 0.3) is 0 Å². The minimum absolute atomic E-state index is 0.0495. The molecule has 0 spiro atoms. The molecule has 238 valence electrons. The van der Waals surface area contributed by atoms with E-state index >= 15 is 4.39 Å². The highest BCUT2D eigenvalue weighted by atomic mass is 19.1. The number of piperazine rings is 1. The van der Waals surface area contributed by atoms with E-state index in [4.69, 9.17) is 16.1 Å². The number of pyridine rings is 1. The van der Waals surface area contributed by atoms with Gasteiger partial charge in [-0.3, -0.25) is 9.78 Å². The third-order valence-corrected chi connectivity index (χ3v) is 9.75. The van der Waals surface area contributed by atoms with E-state index in [2.05, 4.69) is 33.4 Å². The first-order chi connectivity index (χ1) is 22.9. The zero-order chi connectivity index (χ0) is 32.5. The largest absolute Gasteiger partial charge is 0.463 e. The van der Waals surface area contributed by atoms with Crippen molar-refractivity contribution in [1.29, 1.82) is 5.26 Å². The maximum Gasteiger partial charge on any atom is 0.319 e. The van der Waals surface area contributed by atoms with Crippen LogP contribution in [0.15, 0.2) is 55.3 Å².